The second-order valence-corrected chi connectivity index (χ2v) is 6.13. The summed E-state index contributed by atoms with van der Waals surface area (Å²) in [5.74, 6) is 0. The minimum atomic E-state index is -3.49. The number of hydrogen-bond donors (Lipinski definition) is 2. The zero-order valence-corrected chi connectivity index (χ0v) is 10.4. The van der Waals surface area contributed by atoms with E-state index in [1.807, 2.05) is 0 Å². The van der Waals surface area contributed by atoms with Gasteiger partial charge in [0.05, 0.1) is 11.4 Å². The molecule has 0 spiro atoms. The molecule has 0 bridgehead atoms. The summed E-state index contributed by atoms with van der Waals surface area (Å²) in [4.78, 5) is 0.124. The van der Waals surface area contributed by atoms with E-state index in [4.69, 9.17) is 11.5 Å². The van der Waals surface area contributed by atoms with Crippen molar-refractivity contribution in [3.63, 3.8) is 0 Å². The van der Waals surface area contributed by atoms with Crippen molar-refractivity contribution < 1.29 is 8.42 Å². The fourth-order valence-corrected chi connectivity index (χ4v) is 3.69. The zero-order valence-electron chi connectivity index (χ0n) is 9.59. The standard InChI is InChI=1S/C11H17N3O2S/c12-9-5-4-6-10(11(9)13)17(15,16)14-7-2-1-3-8-14/h4-6H,1-3,7-8,12-13H2. The van der Waals surface area contributed by atoms with Gasteiger partial charge in [-0.2, -0.15) is 4.31 Å². The van der Waals surface area contributed by atoms with E-state index in [2.05, 4.69) is 0 Å². The molecule has 1 saturated heterocycles. The molecule has 1 aromatic carbocycles. The summed E-state index contributed by atoms with van der Waals surface area (Å²) < 4.78 is 26.2. The molecular formula is C11H17N3O2S. The van der Waals surface area contributed by atoms with E-state index < -0.39 is 10.0 Å². The third kappa shape index (κ3) is 2.23. The molecule has 0 aromatic heterocycles. The van der Waals surface area contributed by atoms with Crippen LogP contribution in [0.25, 0.3) is 0 Å². The largest absolute Gasteiger partial charge is 0.397 e. The number of rotatable bonds is 2. The molecule has 0 amide bonds. The first kappa shape index (κ1) is 12.2. The zero-order chi connectivity index (χ0) is 12.5. The molecule has 0 radical (unpaired) electrons. The lowest BCUT2D eigenvalue weighted by atomic mass is 10.2. The van der Waals surface area contributed by atoms with Gasteiger partial charge >= 0.3 is 0 Å². The van der Waals surface area contributed by atoms with Crippen LogP contribution in [0.2, 0.25) is 0 Å². The molecule has 94 valence electrons. The molecule has 0 aliphatic carbocycles. The number of para-hydroxylation sites is 1. The van der Waals surface area contributed by atoms with Gasteiger partial charge in [-0.1, -0.05) is 12.5 Å². The van der Waals surface area contributed by atoms with Gasteiger partial charge in [0.25, 0.3) is 0 Å². The van der Waals surface area contributed by atoms with E-state index in [9.17, 15) is 8.42 Å². The first-order valence-electron chi connectivity index (χ1n) is 5.67. The lowest BCUT2D eigenvalue weighted by molar-refractivity contribution is 0.347. The lowest BCUT2D eigenvalue weighted by Crippen LogP contribution is -2.36. The van der Waals surface area contributed by atoms with E-state index in [1.54, 1.807) is 12.1 Å². The van der Waals surface area contributed by atoms with Gasteiger partial charge in [0.2, 0.25) is 10.0 Å². The Morgan fingerprint density at radius 3 is 2.35 bits per heavy atom. The van der Waals surface area contributed by atoms with Gasteiger partial charge in [0.15, 0.2) is 0 Å². The minimum absolute atomic E-state index is 0.124. The number of benzene rings is 1. The fourth-order valence-electron chi connectivity index (χ4n) is 2.03. The molecule has 17 heavy (non-hydrogen) atoms. The maximum absolute atomic E-state index is 12.4. The highest BCUT2D eigenvalue weighted by Crippen LogP contribution is 2.28. The highest BCUT2D eigenvalue weighted by atomic mass is 32.2. The summed E-state index contributed by atoms with van der Waals surface area (Å²) in [5.41, 5.74) is 11.8. The van der Waals surface area contributed by atoms with Crippen LogP contribution in [-0.2, 0) is 10.0 Å². The lowest BCUT2D eigenvalue weighted by Gasteiger charge is -2.26. The number of piperidine rings is 1. The monoisotopic (exact) mass is 255 g/mol. The summed E-state index contributed by atoms with van der Waals surface area (Å²) >= 11 is 0. The minimum Gasteiger partial charge on any atom is -0.397 e. The third-order valence-corrected chi connectivity index (χ3v) is 4.99. The Morgan fingerprint density at radius 2 is 1.71 bits per heavy atom. The second kappa shape index (κ2) is 4.54. The van der Waals surface area contributed by atoms with Crippen LogP contribution in [0.5, 0.6) is 0 Å². The molecule has 1 fully saturated rings. The summed E-state index contributed by atoms with van der Waals surface area (Å²) in [7, 11) is -3.49. The number of nitrogens with zero attached hydrogens (tertiary/aromatic N) is 1. The van der Waals surface area contributed by atoms with Gasteiger partial charge in [-0.15, -0.1) is 0 Å². The first-order valence-corrected chi connectivity index (χ1v) is 7.11. The number of hydrogen-bond acceptors (Lipinski definition) is 4. The Labute approximate surface area is 101 Å². The summed E-state index contributed by atoms with van der Waals surface area (Å²) in [6, 6.07) is 4.72. The average molecular weight is 255 g/mol. The van der Waals surface area contributed by atoms with Crippen LogP contribution in [0, 0.1) is 0 Å². The van der Waals surface area contributed by atoms with Crippen molar-refractivity contribution in [2.75, 3.05) is 24.6 Å². The predicted octanol–water partition coefficient (Wildman–Crippen LogP) is 1.03. The molecule has 1 heterocycles. The van der Waals surface area contributed by atoms with Gasteiger partial charge in [-0.3, -0.25) is 0 Å². The van der Waals surface area contributed by atoms with Crippen molar-refractivity contribution >= 4 is 21.4 Å². The molecule has 2 rings (SSSR count). The Balaban J connectivity index is 2.40. The van der Waals surface area contributed by atoms with E-state index in [1.165, 1.54) is 10.4 Å². The normalized spacial score (nSPS) is 18.1. The molecule has 0 atom stereocenters. The molecule has 1 aromatic rings. The van der Waals surface area contributed by atoms with Crippen molar-refractivity contribution in [1.82, 2.24) is 4.31 Å². The molecule has 0 unspecified atom stereocenters. The Hall–Kier alpha value is -1.27. The molecular weight excluding hydrogens is 238 g/mol. The summed E-state index contributed by atoms with van der Waals surface area (Å²) in [6.45, 7) is 1.13. The van der Waals surface area contributed by atoms with Gasteiger partial charge in [0.1, 0.15) is 4.90 Å². The van der Waals surface area contributed by atoms with Crippen LogP contribution in [0.1, 0.15) is 19.3 Å². The highest BCUT2D eigenvalue weighted by Gasteiger charge is 2.27. The van der Waals surface area contributed by atoms with Crippen LogP contribution in [0.4, 0.5) is 11.4 Å². The number of anilines is 2. The van der Waals surface area contributed by atoms with Crippen LogP contribution >= 0.6 is 0 Å². The molecule has 1 aliphatic heterocycles. The Kier molecular flexibility index (Phi) is 3.26. The second-order valence-electron chi connectivity index (χ2n) is 4.22. The molecule has 0 saturated carbocycles. The van der Waals surface area contributed by atoms with Gasteiger partial charge in [-0.05, 0) is 25.0 Å². The van der Waals surface area contributed by atoms with Crippen LogP contribution in [0.3, 0.4) is 0 Å². The average Bonchev–Trinajstić information content (AvgIpc) is 2.33. The van der Waals surface area contributed by atoms with Crippen molar-refractivity contribution in [3.05, 3.63) is 18.2 Å². The molecule has 1 aliphatic rings. The Morgan fingerprint density at radius 1 is 1.06 bits per heavy atom. The third-order valence-electron chi connectivity index (χ3n) is 3.03. The maximum atomic E-state index is 12.4. The summed E-state index contributed by atoms with van der Waals surface area (Å²) in [5, 5.41) is 0. The Bertz CT molecular complexity index is 507. The van der Waals surface area contributed by atoms with Crippen molar-refractivity contribution in [2.24, 2.45) is 0 Å². The number of nitrogen functional groups attached to an aromatic ring is 2. The quantitative estimate of drug-likeness (QED) is 0.772. The van der Waals surface area contributed by atoms with Gasteiger partial charge in [0, 0.05) is 13.1 Å². The highest BCUT2D eigenvalue weighted by molar-refractivity contribution is 7.89. The SMILES string of the molecule is Nc1cccc(S(=O)(=O)N2CCCCC2)c1N. The van der Waals surface area contributed by atoms with Gasteiger partial charge < -0.3 is 11.5 Å². The smallest absolute Gasteiger partial charge is 0.245 e. The van der Waals surface area contributed by atoms with E-state index >= 15 is 0 Å². The number of sulfonamides is 1. The number of nitrogens with two attached hydrogens (primary N) is 2. The topological polar surface area (TPSA) is 89.4 Å². The van der Waals surface area contributed by atoms with Crippen LogP contribution < -0.4 is 11.5 Å². The molecule has 5 nitrogen and oxygen atoms in total. The van der Waals surface area contributed by atoms with Crippen molar-refractivity contribution in [2.45, 2.75) is 24.2 Å². The van der Waals surface area contributed by atoms with Gasteiger partial charge in [-0.25, -0.2) is 8.42 Å². The first-order chi connectivity index (χ1) is 8.03. The summed E-state index contributed by atoms with van der Waals surface area (Å²) in [6.07, 6.45) is 2.89. The molecule has 6 heteroatoms. The van der Waals surface area contributed by atoms with E-state index in [0.29, 0.717) is 18.8 Å². The van der Waals surface area contributed by atoms with E-state index in [0.717, 1.165) is 19.3 Å². The molecule has 4 N–H and O–H groups in total. The predicted molar refractivity (Wildman–Crippen MR) is 67.9 cm³/mol. The van der Waals surface area contributed by atoms with E-state index in [-0.39, 0.29) is 10.6 Å². The van der Waals surface area contributed by atoms with Crippen LogP contribution in [-0.4, -0.2) is 25.8 Å². The van der Waals surface area contributed by atoms with Crippen molar-refractivity contribution in [1.29, 1.82) is 0 Å². The maximum Gasteiger partial charge on any atom is 0.245 e. The van der Waals surface area contributed by atoms with Crippen molar-refractivity contribution in [3.8, 4) is 0 Å². The fraction of sp³-hybridized carbons (Fsp3) is 0.455. The van der Waals surface area contributed by atoms with Crippen LogP contribution in [0.15, 0.2) is 23.1 Å².